The van der Waals surface area contributed by atoms with Crippen molar-refractivity contribution in [3.63, 3.8) is 0 Å². The first-order valence-electron chi connectivity index (χ1n) is 5.96. The number of methoxy groups -OCH3 is 1. The van der Waals surface area contributed by atoms with Gasteiger partial charge in [0.15, 0.2) is 11.1 Å². The molecule has 0 aromatic rings. The van der Waals surface area contributed by atoms with E-state index in [0.29, 0.717) is 0 Å². The molecule has 6 atom stereocenters. The number of carbonyl (C=O) groups is 1. The fourth-order valence-electron chi connectivity index (χ4n) is 1.44. The molecule has 10 nitrogen and oxygen atoms in total. The van der Waals surface area contributed by atoms with E-state index < -0.39 is 66.4 Å². The lowest BCUT2D eigenvalue weighted by Crippen LogP contribution is -2.52. The van der Waals surface area contributed by atoms with Crippen LogP contribution in [0.5, 0.6) is 0 Å². The van der Waals surface area contributed by atoms with Crippen molar-refractivity contribution in [3.05, 3.63) is 0 Å². The fraction of sp³-hybridized carbons (Fsp3) is 0.900. The van der Waals surface area contributed by atoms with Crippen LogP contribution in [0.2, 0.25) is 0 Å². The lowest BCUT2D eigenvalue weighted by Gasteiger charge is -2.26. The van der Waals surface area contributed by atoms with Crippen LogP contribution < -0.4 is 5.32 Å². The number of nitrogens with one attached hydrogen (secondary N) is 1. The van der Waals surface area contributed by atoms with E-state index in [-0.39, 0.29) is 0 Å². The van der Waals surface area contributed by atoms with Gasteiger partial charge in [-0.1, -0.05) is 0 Å². The molecular formula is C10H21NO9S. The molecule has 0 spiro atoms. The zero-order chi connectivity index (χ0) is 16.6. The highest BCUT2D eigenvalue weighted by Crippen LogP contribution is 2.05. The molecule has 0 bridgehead atoms. The molecule has 6 unspecified atom stereocenters. The van der Waals surface area contributed by atoms with E-state index in [9.17, 15) is 24.3 Å². The molecule has 0 aromatic carbocycles. The van der Waals surface area contributed by atoms with Crippen LogP contribution >= 0.6 is 0 Å². The van der Waals surface area contributed by atoms with Gasteiger partial charge in [-0.15, -0.1) is 0 Å². The average molecular weight is 331 g/mol. The van der Waals surface area contributed by atoms with Gasteiger partial charge in [0.1, 0.15) is 24.4 Å². The SMILES string of the molecule is COC(=O)C(CS(=O)O)NCC(O)C(O)C(O)C(O)CO. The van der Waals surface area contributed by atoms with Crippen LogP contribution in [0.4, 0.5) is 0 Å². The molecule has 0 amide bonds. The Morgan fingerprint density at radius 2 is 1.71 bits per heavy atom. The Balaban J connectivity index is 4.50. The number of hydrogen-bond acceptors (Lipinski definition) is 9. The van der Waals surface area contributed by atoms with Crippen molar-refractivity contribution in [2.24, 2.45) is 0 Å². The van der Waals surface area contributed by atoms with Gasteiger partial charge in [-0.05, 0) is 0 Å². The van der Waals surface area contributed by atoms with Crippen LogP contribution in [0.3, 0.4) is 0 Å². The highest BCUT2D eigenvalue weighted by Gasteiger charge is 2.31. The summed E-state index contributed by atoms with van der Waals surface area (Å²) in [6.07, 6.45) is -6.83. The summed E-state index contributed by atoms with van der Waals surface area (Å²) in [5.74, 6) is -1.33. The summed E-state index contributed by atoms with van der Waals surface area (Å²) in [4.78, 5) is 11.3. The molecule has 0 aliphatic heterocycles. The fourth-order valence-corrected chi connectivity index (χ4v) is 1.98. The number of aliphatic hydroxyl groups is 5. The second kappa shape index (κ2) is 10.1. The summed E-state index contributed by atoms with van der Waals surface area (Å²) in [6.45, 7) is -1.24. The monoisotopic (exact) mass is 331 g/mol. The Morgan fingerprint density at radius 3 is 2.14 bits per heavy atom. The molecule has 0 rings (SSSR count). The maximum Gasteiger partial charge on any atom is 0.323 e. The maximum atomic E-state index is 11.3. The van der Waals surface area contributed by atoms with E-state index in [1.807, 2.05) is 0 Å². The van der Waals surface area contributed by atoms with Gasteiger partial charge in [0.2, 0.25) is 0 Å². The molecule has 0 heterocycles. The van der Waals surface area contributed by atoms with E-state index in [4.69, 9.17) is 14.8 Å². The first-order chi connectivity index (χ1) is 9.74. The van der Waals surface area contributed by atoms with Crippen LogP contribution in [0.25, 0.3) is 0 Å². The van der Waals surface area contributed by atoms with Crippen LogP contribution in [0, 0.1) is 0 Å². The second-order valence-corrected chi connectivity index (χ2v) is 5.25. The number of ether oxygens (including phenoxy) is 1. The van der Waals surface area contributed by atoms with Crippen LogP contribution in [-0.4, -0.2) is 96.7 Å². The van der Waals surface area contributed by atoms with Gasteiger partial charge in [0, 0.05) is 6.54 Å². The molecular weight excluding hydrogens is 310 g/mol. The van der Waals surface area contributed by atoms with E-state index in [1.54, 1.807) is 0 Å². The molecule has 21 heavy (non-hydrogen) atoms. The van der Waals surface area contributed by atoms with Gasteiger partial charge in [0.25, 0.3) is 0 Å². The third-order valence-corrected chi connectivity index (χ3v) is 3.31. The van der Waals surface area contributed by atoms with Crippen molar-refractivity contribution in [1.82, 2.24) is 5.32 Å². The highest BCUT2D eigenvalue weighted by molar-refractivity contribution is 7.79. The van der Waals surface area contributed by atoms with Gasteiger partial charge >= 0.3 is 5.97 Å². The third-order valence-electron chi connectivity index (χ3n) is 2.69. The average Bonchev–Trinajstić information content (AvgIpc) is 2.47. The lowest BCUT2D eigenvalue weighted by atomic mass is 10.0. The predicted octanol–water partition coefficient (Wildman–Crippen LogP) is -4.22. The molecule has 0 aliphatic rings. The molecule has 0 saturated heterocycles. The van der Waals surface area contributed by atoms with E-state index in [0.717, 1.165) is 7.11 Å². The summed E-state index contributed by atoms with van der Waals surface area (Å²) < 4.78 is 23.8. The maximum absolute atomic E-state index is 11.3. The van der Waals surface area contributed by atoms with E-state index >= 15 is 0 Å². The smallest absolute Gasteiger partial charge is 0.323 e. The van der Waals surface area contributed by atoms with Gasteiger partial charge in [-0.25, -0.2) is 4.21 Å². The Hall–Kier alpha value is -0.660. The number of esters is 1. The van der Waals surface area contributed by atoms with Crippen molar-refractivity contribution in [1.29, 1.82) is 0 Å². The Kier molecular flexibility index (Phi) is 9.81. The summed E-state index contributed by atoms with van der Waals surface area (Å²) in [5.41, 5.74) is 0. The zero-order valence-electron chi connectivity index (χ0n) is 11.3. The molecule has 11 heteroatoms. The van der Waals surface area contributed by atoms with E-state index in [2.05, 4.69) is 10.1 Å². The van der Waals surface area contributed by atoms with Crippen molar-refractivity contribution in [2.45, 2.75) is 30.5 Å². The van der Waals surface area contributed by atoms with Gasteiger partial charge < -0.3 is 40.1 Å². The molecule has 0 fully saturated rings. The summed E-state index contributed by atoms with van der Waals surface area (Å²) in [5, 5.41) is 48.7. The normalized spacial score (nSPS) is 20.1. The minimum absolute atomic E-state index is 0.423. The number of aliphatic hydroxyl groups excluding tert-OH is 5. The zero-order valence-corrected chi connectivity index (χ0v) is 12.1. The van der Waals surface area contributed by atoms with Crippen molar-refractivity contribution in [2.75, 3.05) is 26.0 Å². The molecule has 126 valence electrons. The molecule has 0 aliphatic carbocycles. The first-order valence-corrected chi connectivity index (χ1v) is 7.23. The van der Waals surface area contributed by atoms with Gasteiger partial charge in [-0.2, -0.15) is 0 Å². The minimum atomic E-state index is -2.29. The van der Waals surface area contributed by atoms with Crippen molar-refractivity contribution in [3.8, 4) is 0 Å². The molecule has 0 saturated carbocycles. The second-order valence-electron chi connectivity index (χ2n) is 4.27. The predicted molar refractivity (Wildman–Crippen MR) is 70.6 cm³/mol. The molecule has 0 aromatic heterocycles. The number of carbonyl (C=O) groups excluding carboxylic acids is 1. The first kappa shape index (κ1) is 20.3. The minimum Gasteiger partial charge on any atom is -0.468 e. The molecule has 0 radical (unpaired) electrons. The van der Waals surface area contributed by atoms with Gasteiger partial charge in [0.05, 0.1) is 25.6 Å². The topological polar surface area (TPSA) is 177 Å². The standard InChI is InChI=1S/C10H21NO9S/c1-20-10(17)5(4-21(18)19)11-2-6(13)8(15)9(16)7(14)3-12/h5-9,11-16H,2-4H2,1H3,(H,18,19). The van der Waals surface area contributed by atoms with Gasteiger partial charge in [-0.3, -0.25) is 4.79 Å². The summed E-state index contributed by atoms with van der Waals surface area (Å²) >= 11 is -2.29. The quantitative estimate of drug-likeness (QED) is 0.153. The third kappa shape index (κ3) is 7.24. The Morgan fingerprint density at radius 1 is 1.19 bits per heavy atom. The van der Waals surface area contributed by atoms with Crippen LogP contribution in [-0.2, 0) is 20.6 Å². The van der Waals surface area contributed by atoms with E-state index in [1.165, 1.54) is 0 Å². The molecule has 7 N–H and O–H groups in total. The number of rotatable bonds is 10. The van der Waals surface area contributed by atoms with Crippen molar-refractivity contribution >= 4 is 17.0 Å². The Labute approximate surface area is 123 Å². The number of hydrogen-bond donors (Lipinski definition) is 7. The van der Waals surface area contributed by atoms with Crippen molar-refractivity contribution < 1.29 is 43.8 Å². The van der Waals surface area contributed by atoms with Crippen LogP contribution in [0.15, 0.2) is 0 Å². The Bertz CT molecular complexity index is 342. The van der Waals surface area contributed by atoms with Crippen LogP contribution in [0.1, 0.15) is 0 Å². The summed E-state index contributed by atoms with van der Waals surface area (Å²) in [7, 11) is 1.07. The largest absolute Gasteiger partial charge is 0.468 e. The lowest BCUT2D eigenvalue weighted by molar-refractivity contribution is -0.143. The highest BCUT2D eigenvalue weighted by atomic mass is 32.2. The summed E-state index contributed by atoms with van der Waals surface area (Å²) in [6, 6.07) is -1.19.